The van der Waals surface area contributed by atoms with E-state index in [9.17, 15) is 9.90 Å². The molecule has 5 heteroatoms. The third-order valence-electron chi connectivity index (χ3n) is 5.76. The van der Waals surface area contributed by atoms with Crippen LogP contribution in [0.5, 0.6) is 0 Å². The third kappa shape index (κ3) is 2.96. The predicted molar refractivity (Wildman–Crippen MR) is 90.6 cm³/mol. The molecule has 1 aromatic rings. The van der Waals surface area contributed by atoms with Gasteiger partial charge in [-0.3, -0.25) is 9.69 Å². The molecule has 0 saturated carbocycles. The molecule has 2 saturated heterocycles. The lowest BCUT2D eigenvalue weighted by Gasteiger charge is -2.35. The van der Waals surface area contributed by atoms with Gasteiger partial charge in [0.1, 0.15) is 0 Å². The molecule has 2 fully saturated rings. The van der Waals surface area contributed by atoms with E-state index in [-0.39, 0.29) is 18.0 Å². The number of nitrogens with zero attached hydrogens (tertiary/aromatic N) is 1. The largest absolute Gasteiger partial charge is 0.390 e. The average molecular weight is 330 g/mol. The summed E-state index contributed by atoms with van der Waals surface area (Å²) in [5.74, 6) is 0.0692. The highest BCUT2D eigenvalue weighted by Gasteiger charge is 2.39. The summed E-state index contributed by atoms with van der Waals surface area (Å²) in [7, 11) is 0. The van der Waals surface area contributed by atoms with E-state index >= 15 is 0 Å². The van der Waals surface area contributed by atoms with Crippen LogP contribution in [0.2, 0.25) is 0 Å². The Bertz CT molecular complexity index is 600. The van der Waals surface area contributed by atoms with Crippen LogP contribution in [0.4, 0.5) is 0 Å². The van der Waals surface area contributed by atoms with Gasteiger partial charge in [0.05, 0.1) is 18.2 Å². The summed E-state index contributed by atoms with van der Waals surface area (Å²) in [5.41, 5.74) is 2.21. The fraction of sp³-hybridized carbons (Fsp3) is 0.632. The second kappa shape index (κ2) is 6.82. The summed E-state index contributed by atoms with van der Waals surface area (Å²) in [6, 6.07) is 8.13. The molecule has 1 aliphatic carbocycles. The number of rotatable bonds is 3. The number of amides is 1. The van der Waals surface area contributed by atoms with E-state index in [1.165, 1.54) is 0 Å². The fourth-order valence-corrected chi connectivity index (χ4v) is 4.52. The molecule has 0 aromatic heterocycles. The van der Waals surface area contributed by atoms with Gasteiger partial charge in [-0.05, 0) is 43.4 Å². The van der Waals surface area contributed by atoms with Gasteiger partial charge in [-0.15, -0.1) is 0 Å². The maximum absolute atomic E-state index is 12.9. The first-order valence-corrected chi connectivity index (χ1v) is 9.14. The van der Waals surface area contributed by atoms with Gasteiger partial charge in [-0.1, -0.05) is 24.3 Å². The topological polar surface area (TPSA) is 61.8 Å². The zero-order chi connectivity index (χ0) is 16.5. The minimum absolute atomic E-state index is 0.0620. The van der Waals surface area contributed by atoms with Gasteiger partial charge >= 0.3 is 0 Å². The second-order valence-electron chi connectivity index (χ2n) is 7.20. The third-order valence-corrected chi connectivity index (χ3v) is 5.76. The van der Waals surface area contributed by atoms with E-state index in [0.717, 1.165) is 56.6 Å². The van der Waals surface area contributed by atoms with Gasteiger partial charge in [0.25, 0.3) is 0 Å². The molecule has 2 N–H and O–H groups in total. The fourth-order valence-electron chi connectivity index (χ4n) is 4.52. The van der Waals surface area contributed by atoms with Crippen LogP contribution in [0.15, 0.2) is 24.3 Å². The molecule has 2 aliphatic heterocycles. The van der Waals surface area contributed by atoms with Crippen LogP contribution < -0.4 is 5.32 Å². The number of carbonyl (C=O) groups excluding carboxylic acids is 1. The molecule has 2 heterocycles. The highest BCUT2D eigenvalue weighted by molar-refractivity contribution is 5.82. The molecule has 0 unspecified atom stereocenters. The number of ether oxygens (including phenoxy) is 1. The highest BCUT2D eigenvalue weighted by Crippen LogP contribution is 2.32. The zero-order valence-corrected chi connectivity index (χ0v) is 14.0. The number of benzene rings is 1. The van der Waals surface area contributed by atoms with Crippen LogP contribution in [0, 0.1) is 0 Å². The Morgan fingerprint density at radius 2 is 2.00 bits per heavy atom. The Kier molecular flexibility index (Phi) is 4.57. The summed E-state index contributed by atoms with van der Waals surface area (Å²) >= 11 is 0. The van der Waals surface area contributed by atoms with Crippen LogP contribution in [0.25, 0.3) is 0 Å². The van der Waals surface area contributed by atoms with E-state index < -0.39 is 6.10 Å². The highest BCUT2D eigenvalue weighted by atomic mass is 16.5. The molecular weight excluding hydrogens is 304 g/mol. The molecule has 1 amide bonds. The first kappa shape index (κ1) is 16.1. The molecular formula is C19H26N2O3. The number of likely N-dealkylation sites (tertiary alicyclic amines) is 1. The van der Waals surface area contributed by atoms with Crippen molar-refractivity contribution in [2.75, 3.05) is 19.8 Å². The number of fused-ring (bicyclic) bond motifs is 1. The molecule has 3 aliphatic rings. The van der Waals surface area contributed by atoms with Crippen molar-refractivity contribution in [2.45, 2.75) is 56.3 Å². The summed E-state index contributed by atoms with van der Waals surface area (Å²) < 4.78 is 5.46. The van der Waals surface area contributed by atoms with Gasteiger partial charge < -0.3 is 15.2 Å². The van der Waals surface area contributed by atoms with Crippen LogP contribution in [0.1, 0.15) is 42.9 Å². The molecule has 0 spiro atoms. The molecule has 1 aromatic carbocycles. The predicted octanol–water partition coefficient (Wildman–Crippen LogP) is 1.40. The Morgan fingerprint density at radius 1 is 1.21 bits per heavy atom. The Labute approximate surface area is 143 Å². The van der Waals surface area contributed by atoms with Crippen molar-refractivity contribution in [3.8, 4) is 0 Å². The van der Waals surface area contributed by atoms with Crippen molar-refractivity contribution >= 4 is 5.91 Å². The van der Waals surface area contributed by atoms with Gasteiger partial charge in [0.2, 0.25) is 5.91 Å². The van der Waals surface area contributed by atoms with Crippen LogP contribution in [0.3, 0.4) is 0 Å². The van der Waals surface area contributed by atoms with Crippen molar-refractivity contribution < 1.29 is 14.6 Å². The lowest BCUT2D eigenvalue weighted by Crippen LogP contribution is -2.50. The Morgan fingerprint density at radius 3 is 2.83 bits per heavy atom. The van der Waals surface area contributed by atoms with E-state index in [1.807, 2.05) is 24.3 Å². The normalized spacial score (nSPS) is 31.1. The molecule has 130 valence electrons. The number of hydrogen-bond acceptors (Lipinski definition) is 4. The van der Waals surface area contributed by atoms with Crippen LogP contribution in [-0.2, 0) is 16.0 Å². The first-order valence-electron chi connectivity index (χ1n) is 9.14. The smallest absolute Gasteiger partial charge is 0.237 e. The minimum Gasteiger partial charge on any atom is -0.390 e. The van der Waals surface area contributed by atoms with E-state index in [2.05, 4.69) is 10.2 Å². The molecule has 5 nitrogen and oxygen atoms in total. The van der Waals surface area contributed by atoms with Crippen molar-refractivity contribution in [1.82, 2.24) is 10.2 Å². The van der Waals surface area contributed by atoms with Crippen molar-refractivity contribution in [3.63, 3.8) is 0 Å². The number of aliphatic hydroxyl groups excluding tert-OH is 1. The van der Waals surface area contributed by atoms with Crippen molar-refractivity contribution in [1.29, 1.82) is 0 Å². The maximum atomic E-state index is 12.9. The SMILES string of the molecule is O=C(N[C@@H]1c2ccccc2C[C@H]1O)[C@@H]1CCCN1C1CCOCC1. The van der Waals surface area contributed by atoms with E-state index in [1.54, 1.807) is 0 Å². The number of carbonyl (C=O) groups is 1. The minimum atomic E-state index is -0.524. The number of nitrogens with one attached hydrogen (secondary N) is 1. The van der Waals surface area contributed by atoms with Crippen LogP contribution >= 0.6 is 0 Å². The lowest BCUT2D eigenvalue weighted by atomic mass is 10.0. The number of hydrogen-bond donors (Lipinski definition) is 2. The second-order valence-corrected chi connectivity index (χ2v) is 7.20. The van der Waals surface area contributed by atoms with E-state index in [4.69, 9.17) is 4.74 Å². The standard InChI is InChI=1S/C19H26N2O3/c22-17-12-13-4-1-2-5-15(13)18(17)20-19(23)16-6-3-9-21(16)14-7-10-24-11-8-14/h1-2,4-5,14,16-18,22H,3,6-12H2,(H,20,23)/t16-,17+,18+/m0/s1. The van der Waals surface area contributed by atoms with Gasteiger partial charge in [-0.2, -0.15) is 0 Å². The summed E-state index contributed by atoms with van der Waals surface area (Å²) in [6.45, 7) is 2.58. The zero-order valence-electron chi connectivity index (χ0n) is 14.0. The van der Waals surface area contributed by atoms with Gasteiger partial charge in [0.15, 0.2) is 0 Å². The Hall–Kier alpha value is -1.43. The Balaban J connectivity index is 1.45. The molecule has 3 atom stereocenters. The maximum Gasteiger partial charge on any atom is 0.237 e. The van der Waals surface area contributed by atoms with Gasteiger partial charge in [0, 0.05) is 25.7 Å². The quantitative estimate of drug-likeness (QED) is 0.880. The van der Waals surface area contributed by atoms with Crippen LogP contribution in [-0.4, -0.2) is 53.9 Å². The monoisotopic (exact) mass is 330 g/mol. The summed E-state index contributed by atoms with van der Waals surface area (Å²) in [6.07, 6.45) is 4.10. The van der Waals surface area contributed by atoms with E-state index in [0.29, 0.717) is 12.5 Å². The van der Waals surface area contributed by atoms with Crippen molar-refractivity contribution in [2.24, 2.45) is 0 Å². The summed E-state index contributed by atoms with van der Waals surface area (Å²) in [5, 5.41) is 13.5. The summed E-state index contributed by atoms with van der Waals surface area (Å²) in [4.78, 5) is 15.3. The molecule has 24 heavy (non-hydrogen) atoms. The lowest BCUT2D eigenvalue weighted by molar-refractivity contribution is -0.128. The first-order chi connectivity index (χ1) is 11.7. The van der Waals surface area contributed by atoms with Gasteiger partial charge in [-0.25, -0.2) is 0 Å². The number of aliphatic hydroxyl groups is 1. The van der Waals surface area contributed by atoms with Crippen molar-refractivity contribution in [3.05, 3.63) is 35.4 Å². The average Bonchev–Trinajstić information content (AvgIpc) is 3.21. The molecule has 0 bridgehead atoms. The molecule has 0 radical (unpaired) electrons. The molecule has 4 rings (SSSR count).